The van der Waals surface area contributed by atoms with Crippen LogP contribution in [0.1, 0.15) is 72.6 Å². The molecule has 3 saturated carbocycles. The number of piperidine rings is 1. The molecule has 2 N–H and O–H groups in total. The minimum atomic E-state index is -0.797. The summed E-state index contributed by atoms with van der Waals surface area (Å²) < 4.78 is 19.3. The second kappa shape index (κ2) is 9.44. The van der Waals surface area contributed by atoms with E-state index in [2.05, 4.69) is 24.1 Å². The number of hydrogen-bond donors (Lipinski definition) is 2. The monoisotopic (exact) mass is 518 g/mol. The van der Waals surface area contributed by atoms with Gasteiger partial charge in [0.1, 0.15) is 11.9 Å². The van der Waals surface area contributed by atoms with Crippen molar-refractivity contribution in [3.8, 4) is 0 Å². The number of imide groups is 1. The van der Waals surface area contributed by atoms with E-state index >= 15 is 0 Å². The van der Waals surface area contributed by atoms with Gasteiger partial charge in [0.25, 0.3) is 0 Å². The number of nitrogens with zero attached hydrogens (tertiary/aromatic N) is 1. The minimum absolute atomic E-state index is 0.1000. The second-order valence-corrected chi connectivity index (χ2v) is 13.4. The lowest BCUT2D eigenvalue weighted by molar-refractivity contribution is -0.197. The van der Waals surface area contributed by atoms with Gasteiger partial charge in [0.2, 0.25) is 5.91 Å². The first-order chi connectivity index (χ1) is 17.5. The Hall–Kier alpha value is -1.80. The van der Waals surface area contributed by atoms with Crippen LogP contribution in [-0.4, -0.2) is 59.6 Å². The quantitative estimate of drug-likeness (QED) is 0.578. The van der Waals surface area contributed by atoms with Gasteiger partial charge in [-0.3, -0.25) is 14.9 Å². The molecule has 0 aromatic rings. The fraction of sp³-hybridized carbons (Fsp3) is 0.828. The average Bonchev–Trinajstić information content (AvgIpc) is 3.59. The number of aliphatic hydroxyl groups is 1. The molecule has 0 spiro atoms. The van der Waals surface area contributed by atoms with Crippen molar-refractivity contribution in [1.82, 2.24) is 10.2 Å². The van der Waals surface area contributed by atoms with Crippen molar-refractivity contribution in [2.45, 2.75) is 84.8 Å². The van der Waals surface area contributed by atoms with Crippen LogP contribution in [0.5, 0.6) is 0 Å². The molecule has 0 aromatic heterocycles. The third-order valence-electron chi connectivity index (χ3n) is 11.7. The number of carbonyl (C=O) groups excluding carboxylic acids is 3. The number of alkyl carbamates (subject to hydrolysis) is 1. The van der Waals surface area contributed by atoms with Crippen LogP contribution in [0.4, 0.5) is 9.18 Å². The molecule has 37 heavy (non-hydrogen) atoms. The Labute approximate surface area is 219 Å². The highest BCUT2D eigenvalue weighted by Gasteiger charge is 2.68. The zero-order chi connectivity index (χ0) is 26.8. The van der Waals surface area contributed by atoms with Gasteiger partial charge in [-0.1, -0.05) is 33.8 Å². The van der Waals surface area contributed by atoms with Gasteiger partial charge in [0.05, 0.1) is 18.4 Å². The van der Waals surface area contributed by atoms with E-state index in [0.717, 1.165) is 32.4 Å². The molecule has 2 amide bonds. The van der Waals surface area contributed by atoms with Crippen molar-refractivity contribution >= 4 is 17.8 Å². The Bertz CT molecular complexity index is 987. The number of ketones is 1. The van der Waals surface area contributed by atoms with Crippen molar-refractivity contribution in [2.24, 2.45) is 45.8 Å². The summed E-state index contributed by atoms with van der Waals surface area (Å²) in [5.74, 6) is -0.444. The van der Waals surface area contributed by atoms with Crippen LogP contribution < -0.4 is 5.32 Å². The number of allylic oxidation sites excluding steroid dienone is 1. The average molecular weight is 519 g/mol. The molecule has 2 saturated heterocycles. The highest BCUT2D eigenvalue weighted by atomic mass is 19.1. The summed E-state index contributed by atoms with van der Waals surface area (Å²) in [6, 6.07) is 0. The summed E-state index contributed by atoms with van der Waals surface area (Å²) in [6.45, 7) is 10.7. The number of carbonyl (C=O) groups is 3. The van der Waals surface area contributed by atoms with Crippen LogP contribution in [0, 0.1) is 45.8 Å². The summed E-state index contributed by atoms with van der Waals surface area (Å²) >= 11 is 0. The molecule has 2 aliphatic heterocycles. The van der Waals surface area contributed by atoms with Gasteiger partial charge in [0, 0.05) is 36.3 Å². The lowest BCUT2D eigenvalue weighted by Crippen LogP contribution is -2.63. The molecule has 4 bridgehead atoms. The predicted molar refractivity (Wildman–Crippen MR) is 136 cm³/mol. The lowest BCUT2D eigenvalue weighted by atomic mass is 9.43. The van der Waals surface area contributed by atoms with Gasteiger partial charge in [-0.25, -0.2) is 9.18 Å². The number of ether oxygens (including phenoxy) is 1. The first-order valence-corrected chi connectivity index (χ1v) is 14.2. The zero-order valence-corrected chi connectivity index (χ0v) is 22.7. The van der Waals surface area contributed by atoms with Crippen LogP contribution in [0.3, 0.4) is 0 Å². The van der Waals surface area contributed by atoms with Gasteiger partial charge >= 0.3 is 6.09 Å². The first-order valence-electron chi connectivity index (χ1n) is 14.2. The Morgan fingerprint density at radius 2 is 1.97 bits per heavy atom. The van der Waals surface area contributed by atoms with E-state index < -0.39 is 29.1 Å². The number of aliphatic hydroxyl groups excluding tert-OH is 1. The van der Waals surface area contributed by atoms with Crippen LogP contribution in [0.15, 0.2) is 12.4 Å². The summed E-state index contributed by atoms with van der Waals surface area (Å²) in [4.78, 5) is 42.0. The van der Waals surface area contributed by atoms with Crippen molar-refractivity contribution in [3.63, 3.8) is 0 Å². The number of fused-ring (bicyclic) bond motifs is 2. The molecule has 7 nitrogen and oxygen atoms in total. The SMILES string of the molecule is C[C@@H]1CCC23CCC(=O)C2[C@]1(C)[C@H](OC(=O)NC(=O)[C@H]1CN2CC[C@@H]1C2)C[C@@](C)(C/C=C/F)[C@@H](O)[C@@H]3C. The maximum atomic E-state index is 13.5. The molecule has 0 radical (unpaired) electrons. The molecule has 3 unspecified atom stereocenters. The maximum Gasteiger partial charge on any atom is 0.414 e. The van der Waals surface area contributed by atoms with Gasteiger partial charge in [-0.2, -0.15) is 0 Å². The number of nitrogens with one attached hydrogen (secondary N) is 1. The molecule has 0 aromatic carbocycles. The summed E-state index contributed by atoms with van der Waals surface area (Å²) in [7, 11) is 0. The molecular formula is C29H43FN2O5. The predicted octanol–water partition coefficient (Wildman–Crippen LogP) is 4.24. The second-order valence-electron chi connectivity index (χ2n) is 13.4. The Kier molecular flexibility index (Phi) is 6.83. The summed E-state index contributed by atoms with van der Waals surface area (Å²) in [5.41, 5.74) is -1.81. The lowest BCUT2D eigenvalue weighted by Gasteiger charge is -2.62. The van der Waals surface area contributed by atoms with Gasteiger partial charge in [-0.15, -0.1) is 0 Å². The molecule has 5 fully saturated rings. The molecule has 206 valence electrons. The smallest absolute Gasteiger partial charge is 0.414 e. The summed E-state index contributed by atoms with van der Waals surface area (Å²) in [6.07, 6.45) is 4.05. The number of halogens is 1. The van der Waals surface area contributed by atoms with E-state index in [4.69, 9.17) is 4.74 Å². The topological polar surface area (TPSA) is 95.9 Å². The van der Waals surface area contributed by atoms with E-state index in [9.17, 15) is 23.9 Å². The van der Waals surface area contributed by atoms with Crippen LogP contribution in [0.25, 0.3) is 0 Å². The molecule has 11 atom stereocenters. The molecule has 2 heterocycles. The highest BCUT2D eigenvalue weighted by molar-refractivity contribution is 5.93. The summed E-state index contributed by atoms with van der Waals surface area (Å²) in [5, 5.41) is 14.2. The van der Waals surface area contributed by atoms with E-state index in [0.29, 0.717) is 25.7 Å². The Morgan fingerprint density at radius 1 is 1.22 bits per heavy atom. The molecule has 5 aliphatic rings. The van der Waals surface area contributed by atoms with E-state index in [-0.39, 0.29) is 59.5 Å². The third kappa shape index (κ3) is 4.08. The molecular weight excluding hydrogens is 475 g/mol. The number of rotatable bonds is 4. The maximum absolute atomic E-state index is 13.5. The fourth-order valence-electron chi connectivity index (χ4n) is 9.30. The molecule has 3 aliphatic carbocycles. The van der Waals surface area contributed by atoms with E-state index in [1.54, 1.807) is 0 Å². The van der Waals surface area contributed by atoms with Crippen LogP contribution >= 0.6 is 0 Å². The minimum Gasteiger partial charge on any atom is -0.445 e. The standard InChI is InChI=1S/C29H43FN2O5/c1-17-6-10-29-11-7-21(33)23(29)28(17,4)22(14-27(3,9-5-12-30)24(34)18(29)2)37-26(36)31-25(35)20-16-32-13-8-19(20)15-32/h5,12,17-20,22-24,34H,6-11,13-16H2,1-4H3,(H,31,35,36)/b12-5+/t17-,18+,19-,20+,22-,23?,24+,27-,28+,29?/m1/s1. The van der Waals surface area contributed by atoms with Crippen molar-refractivity contribution in [2.75, 3.05) is 19.6 Å². The number of amides is 2. The largest absolute Gasteiger partial charge is 0.445 e. The molecule has 8 heteroatoms. The van der Waals surface area contributed by atoms with Crippen molar-refractivity contribution in [3.05, 3.63) is 12.4 Å². The van der Waals surface area contributed by atoms with Gasteiger partial charge < -0.3 is 14.7 Å². The normalized spacial score (nSPS) is 49.0. The molecule has 5 rings (SSSR count). The van der Waals surface area contributed by atoms with Crippen molar-refractivity contribution in [1.29, 1.82) is 0 Å². The van der Waals surface area contributed by atoms with Crippen LogP contribution in [-0.2, 0) is 14.3 Å². The van der Waals surface area contributed by atoms with Gasteiger partial charge in [-0.05, 0) is 68.2 Å². The van der Waals surface area contributed by atoms with Crippen molar-refractivity contribution < 1.29 is 28.6 Å². The van der Waals surface area contributed by atoms with Gasteiger partial charge in [0.15, 0.2) is 0 Å². The number of hydrogen-bond acceptors (Lipinski definition) is 6. The zero-order valence-electron chi connectivity index (χ0n) is 22.7. The fourth-order valence-corrected chi connectivity index (χ4v) is 9.30. The van der Waals surface area contributed by atoms with E-state index in [1.165, 1.54) is 6.08 Å². The first kappa shape index (κ1) is 26.8. The third-order valence-corrected chi connectivity index (χ3v) is 11.7. The number of Topliss-reactive ketones (excluding diaryl/α,β-unsaturated/α-hetero) is 1. The van der Waals surface area contributed by atoms with Crippen LogP contribution in [0.2, 0.25) is 0 Å². The van der Waals surface area contributed by atoms with E-state index in [1.807, 2.05) is 13.8 Å². The Morgan fingerprint density at radius 3 is 2.62 bits per heavy atom. The highest BCUT2D eigenvalue weighted by Crippen LogP contribution is 2.68. The Balaban J connectivity index is 1.47.